The van der Waals surface area contributed by atoms with E-state index in [0.717, 1.165) is 19.4 Å². The molecule has 1 aromatic rings. The van der Waals surface area contributed by atoms with Crippen molar-refractivity contribution in [2.75, 3.05) is 13.2 Å². The fraction of sp³-hybridized carbons (Fsp3) is 0.600. The molecule has 1 aliphatic heterocycles. The standard InChI is InChI=1S/C15H22O3/c1-13(18-15-9-5-6-10-17-15)11-16-12-14-7-3-2-4-8-14/h2-4,7-8,13,15H,5-6,9-12H2,1H3. The third-order valence-electron chi connectivity index (χ3n) is 2.99. The summed E-state index contributed by atoms with van der Waals surface area (Å²) in [6.07, 6.45) is 3.40. The molecule has 0 bridgehead atoms. The molecule has 1 aromatic carbocycles. The number of hydrogen-bond acceptors (Lipinski definition) is 3. The fourth-order valence-corrected chi connectivity index (χ4v) is 2.03. The average molecular weight is 250 g/mol. The second-order valence-electron chi connectivity index (χ2n) is 4.74. The summed E-state index contributed by atoms with van der Waals surface area (Å²) >= 11 is 0. The van der Waals surface area contributed by atoms with Gasteiger partial charge in [-0.3, -0.25) is 0 Å². The largest absolute Gasteiger partial charge is 0.374 e. The first-order valence-electron chi connectivity index (χ1n) is 6.73. The Morgan fingerprint density at radius 3 is 2.83 bits per heavy atom. The van der Waals surface area contributed by atoms with Gasteiger partial charge in [0.25, 0.3) is 0 Å². The first-order chi connectivity index (χ1) is 8.84. The SMILES string of the molecule is CC(COCc1ccccc1)OC1CCCCO1. The van der Waals surface area contributed by atoms with E-state index in [1.54, 1.807) is 0 Å². The maximum Gasteiger partial charge on any atom is 0.158 e. The van der Waals surface area contributed by atoms with Crippen LogP contribution in [0.15, 0.2) is 30.3 Å². The molecular weight excluding hydrogens is 228 g/mol. The normalized spacial score (nSPS) is 21.7. The van der Waals surface area contributed by atoms with Crippen molar-refractivity contribution in [2.45, 2.75) is 45.2 Å². The molecule has 1 fully saturated rings. The molecule has 0 aliphatic carbocycles. The molecule has 0 aromatic heterocycles. The molecule has 18 heavy (non-hydrogen) atoms. The molecule has 1 aliphatic rings. The van der Waals surface area contributed by atoms with Gasteiger partial charge in [0.05, 0.1) is 19.3 Å². The van der Waals surface area contributed by atoms with Crippen molar-refractivity contribution in [3.63, 3.8) is 0 Å². The Morgan fingerprint density at radius 1 is 1.28 bits per heavy atom. The molecule has 0 N–H and O–H groups in total. The van der Waals surface area contributed by atoms with Crippen LogP contribution in [-0.4, -0.2) is 25.6 Å². The minimum absolute atomic E-state index is 0.0333. The third kappa shape index (κ3) is 4.77. The zero-order chi connectivity index (χ0) is 12.6. The van der Waals surface area contributed by atoms with E-state index in [0.29, 0.717) is 13.2 Å². The van der Waals surface area contributed by atoms with Crippen molar-refractivity contribution in [2.24, 2.45) is 0 Å². The lowest BCUT2D eigenvalue weighted by Gasteiger charge is -2.25. The van der Waals surface area contributed by atoms with Crippen LogP contribution in [0.3, 0.4) is 0 Å². The maximum absolute atomic E-state index is 5.78. The Balaban J connectivity index is 1.61. The molecular formula is C15H22O3. The summed E-state index contributed by atoms with van der Waals surface area (Å²) in [5.41, 5.74) is 1.19. The van der Waals surface area contributed by atoms with E-state index in [2.05, 4.69) is 12.1 Å². The summed E-state index contributed by atoms with van der Waals surface area (Å²) in [5, 5.41) is 0. The van der Waals surface area contributed by atoms with Gasteiger partial charge in [-0.05, 0) is 31.7 Å². The van der Waals surface area contributed by atoms with Gasteiger partial charge in [0.2, 0.25) is 0 Å². The Morgan fingerprint density at radius 2 is 2.11 bits per heavy atom. The third-order valence-corrected chi connectivity index (χ3v) is 2.99. The summed E-state index contributed by atoms with van der Waals surface area (Å²) in [5.74, 6) is 0. The van der Waals surface area contributed by atoms with E-state index >= 15 is 0 Å². The van der Waals surface area contributed by atoms with Crippen molar-refractivity contribution in [1.29, 1.82) is 0 Å². The Kier molecular flexibility index (Phi) is 5.65. The van der Waals surface area contributed by atoms with E-state index < -0.39 is 0 Å². The number of rotatable bonds is 6. The van der Waals surface area contributed by atoms with Crippen LogP contribution in [0.2, 0.25) is 0 Å². The van der Waals surface area contributed by atoms with Gasteiger partial charge < -0.3 is 14.2 Å². The molecule has 0 spiro atoms. The lowest BCUT2D eigenvalue weighted by molar-refractivity contribution is -0.194. The molecule has 2 atom stereocenters. The van der Waals surface area contributed by atoms with Gasteiger partial charge >= 0.3 is 0 Å². The second kappa shape index (κ2) is 7.52. The fourth-order valence-electron chi connectivity index (χ4n) is 2.03. The van der Waals surface area contributed by atoms with E-state index in [1.165, 1.54) is 12.0 Å². The first-order valence-corrected chi connectivity index (χ1v) is 6.73. The van der Waals surface area contributed by atoms with Crippen molar-refractivity contribution in [1.82, 2.24) is 0 Å². The van der Waals surface area contributed by atoms with Crippen LogP contribution in [-0.2, 0) is 20.8 Å². The highest BCUT2D eigenvalue weighted by atomic mass is 16.7. The van der Waals surface area contributed by atoms with Gasteiger partial charge in [0.1, 0.15) is 0 Å². The van der Waals surface area contributed by atoms with Gasteiger partial charge in [-0.2, -0.15) is 0 Å². The Labute approximate surface area is 109 Å². The molecule has 100 valence electrons. The predicted octanol–water partition coefficient (Wildman–Crippen LogP) is 3.13. The summed E-state index contributed by atoms with van der Waals surface area (Å²) in [4.78, 5) is 0. The van der Waals surface area contributed by atoms with Crippen molar-refractivity contribution in [3.8, 4) is 0 Å². The number of ether oxygens (including phenoxy) is 3. The zero-order valence-electron chi connectivity index (χ0n) is 11.0. The van der Waals surface area contributed by atoms with Gasteiger partial charge in [0, 0.05) is 6.61 Å². The molecule has 0 radical (unpaired) electrons. The van der Waals surface area contributed by atoms with Crippen molar-refractivity contribution < 1.29 is 14.2 Å². The highest BCUT2D eigenvalue weighted by molar-refractivity contribution is 5.13. The number of hydrogen-bond donors (Lipinski definition) is 0. The summed E-state index contributed by atoms with van der Waals surface area (Å²) in [7, 11) is 0. The lowest BCUT2D eigenvalue weighted by atomic mass is 10.2. The van der Waals surface area contributed by atoms with Gasteiger partial charge in [0.15, 0.2) is 6.29 Å². The topological polar surface area (TPSA) is 27.7 Å². The molecule has 2 rings (SSSR count). The minimum atomic E-state index is -0.0333. The maximum atomic E-state index is 5.78. The van der Waals surface area contributed by atoms with Crippen LogP contribution in [0.1, 0.15) is 31.7 Å². The molecule has 3 nitrogen and oxygen atoms in total. The van der Waals surface area contributed by atoms with Gasteiger partial charge in [-0.1, -0.05) is 30.3 Å². The highest BCUT2D eigenvalue weighted by Crippen LogP contribution is 2.15. The predicted molar refractivity (Wildman–Crippen MR) is 70.2 cm³/mol. The average Bonchev–Trinajstić information content (AvgIpc) is 2.41. The Hall–Kier alpha value is -0.900. The van der Waals surface area contributed by atoms with Crippen LogP contribution >= 0.6 is 0 Å². The molecule has 1 saturated heterocycles. The lowest BCUT2D eigenvalue weighted by Crippen LogP contribution is -2.28. The van der Waals surface area contributed by atoms with Crippen LogP contribution < -0.4 is 0 Å². The van der Waals surface area contributed by atoms with Crippen molar-refractivity contribution in [3.05, 3.63) is 35.9 Å². The zero-order valence-corrected chi connectivity index (χ0v) is 11.0. The van der Waals surface area contributed by atoms with Crippen LogP contribution in [0.5, 0.6) is 0 Å². The highest BCUT2D eigenvalue weighted by Gasteiger charge is 2.17. The first kappa shape index (κ1) is 13.5. The summed E-state index contributed by atoms with van der Waals surface area (Å²) in [6, 6.07) is 10.2. The minimum Gasteiger partial charge on any atom is -0.374 e. The van der Waals surface area contributed by atoms with E-state index in [-0.39, 0.29) is 12.4 Å². The van der Waals surface area contributed by atoms with Crippen molar-refractivity contribution >= 4 is 0 Å². The van der Waals surface area contributed by atoms with Crippen LogP contribution in [0, 0.1) is 0 Å². The van der Waals surface area contributed by atoms with Gasteiger partial charge in [-0.15, -0.1) is 0 Å². The number of benzene rings is 1. The molecule has 0 saturated carbocycles. The van der Waals surface area contributed by atoms with E-state index in [4.69, 9.17) is 14.2 Å². The molecule has 0 amide bonds. The molecule has 3 heteroatoms. The molecule has 2 unspecified atom stereocenters. The second-order valence-corrected chi connectivity index (χ2v) is 4.74. The quantitative estimate of drug-likeness (QED) is 0.776. The summed E-state index contributed by atoms with van der Waals surface area (Å²) in [6.45, 7) is 4.10. The van der Waals surface area contributed by atoms with Crippen LogP contribution in [0.4, 0.5) is 0 Å². The molecule has 1 heterocycles. The smallest absolute Gasteiger partial charge is 0.158 e. The summed E-state index contributed by atoms with van der Waals surface area (Å²) < 4.78 is 17.0. The Bertz CT molecular complexity index is 320. The van der Waals surface area contributed by atoms with E-state index in [9.17, 15) is 0 Å². The van der Waals surface area contributed by atoms with Crippen LogP contribution in [0.25, 0.3) is 0 Å². The monoisotopic (exact) mass is 250 g/mol. The van der Waals surface area contributed by atoms with Gasteiger partial charge in [-0.25, -0.2) is 0 Å². The van der Waals surface area contributed by atoms with E-state index in [1.807, 2.05) is 25.1 Å².